The Hall–Kier alpha value is -2.24. The molecule has 0 spiro atoms. The highest BCUT2D eigenvalue weighted by molar-refractivity contribution is 6.35. The highest BCUT2D eigenvalue weighted by Gasteiger charge is 2.29. The Labute approximate surface area is 194 Å². The fraction of sp³-hybridized carbons (Fsp3) is 0.417. The van der Waals surface area contributed by atoms with Gasteiger partial charge in [0.2, 0.25) is 11.8 Å². The van der Waals surface area contributed by atoms with Crippen LogP contribution >= 0.6 is 23.2 Å². The van der Waals surface area contributed by atoms with Gasteiger partial charge in [-0.3, -0.25) is 9.59 Å². The number of hydrogen-bond donors (Lipinski definition) is 1. The van der Waals surface area contributed by atoms with E-state index in [1.54, 1.807) is 30.2 Å². The van der Waals surface area contributed by atoms with Crippen LogP contribution in [-0.4, -0.2) is 36.4 Å². The molecule has 0 saturated heterocycles. The van der Waals surface area contributed by atoms with Crippen molar-refractivity contribution in [3.8, 4) is 5.75 Å². The van der Waals surface area contributed by atoms with Crippen LogP contribution in [-0.2, 0) is 22.6 Å². The molecule has 1 atom stereocenters. The fourth-order valence-electron chi connectivity index (χ4n) is 3.20. The maximum Gasteiger partial charge on any atom is 0.242 e. The summed E-state index contributed by atoms with van der Waals surface area (Å²) in [6, 6.07) is 12.0. The molecular formula is C24H30Cl2N2O3. The molecule has 1 N–H and O–H groups in total. The second-order valence-corrected chi connectivity index (χ2v) is 8.69. The number of rotatable bonds is 10. The van der Waals surface area contributed by atoms with Crippen LogP contribution in [0.25, 0.3) is 0 Å². The van der Waals surface area contributed by atoms with E-state index in [0.29, 0.717) is 41.0 Å². The minimum absolute atomic E-state index is 0.0834. The Balaban J connectivity index is 2.29. The molecule has 7 heteroatoms. The van der Waals surface area contributed by atoms with E-state index < -0.39 is 6.04 Å². The van der Waals surface area contributed by atoms with E-state index >= 15 is 0 Å². The number of carbonyl (C=O) groups excluding carboxylic acids is 2. The van der Waals surface area contributed by atoms with Crippen molar-refractivity contribution in [1.29, 1.82) is 0 Å². The van der Waals surface area contributed by atoms with Gasteiger partial charge in [-0.05, 0) is 47.7 Å². The SMILES string of the molecule is CC[C@@H](C(=O)NCC(C)C)N(Cc1ccc(OC)cc1)C(=O)Cc1ccc(Cl)cc1Cl. The predicted molar refractivity (Wildman–Crippen MR) is 126 cm³/mol. The summed E-state index contributed by atoms with van der Waals surface area (Å²) in [6.45, 7) is 6.84. The number of halogens is 2. The largest absolute Gasteiger partial charge is 0.497 e. The molecular weight excluding hydrogens is 435 g/mol. The molecule has 0 saturated carbocycles. The number of nitrogens with zero attached hydrogens (tertiary/aromatic N) is 1. The topological polar surface area (TPSA) is 58.6 Å². The Kier molecular flexibility index (Phi) is 9.66. The first-order valence-corrected chi connectivity index (χ1v) is 11.1. The molecule has 0 aliphatic heterocycles. The number of amides is 2. The molecule has 0 radical (unpaired) electrons. The highest BCUT2D eigenvalue weighted by Crippen LogP contribution is 2.23. The van der Waals surface area contributed by atoms with Gasteiger partial charge in [-0.25, -0.2) is 0 Å². The summed E-state index contributed by atoms with van der Waals surface area (Å²) >= 11 is 12.3. The van der Waals surface area contributed by atoms with E-state index in [0.717, 1.165) is 11.3 Å². The van der Waals surface area contributed by atoms with Crippen LogP contribution in [0.15, 0.2) is 42.5 Å². The lowest BCUT2D eigenvalue weighted by molar-refractivity contribution is -0.141. The lowest BCUT2D eigenvalue weighted by atomic mass is 10.1. The van der Waals surface area contributed by atoms with Crippen molar-refractivity contribution < 1.29 is 14.3 Å². The van der Waals surface area contributed by atoms with E-state index in [4.69, 9.17) is 27.9 Å². The molecule has 0 heterocycles. The normalized spacial score (nSPS) is 11.8. The van der Waals surface area contributed by atoms with Crippen molar-refractivity contribution >= 4 is 35.0 Å². The molecule has 2 aromatic rings. The van der Waals surface area contributed by atoms with Crippen molar-refractivity contribution in [3.05, 3.63) is 63.6 Å². The molecule has 0 aliphatic carbocycles. The maximum atomic E-state index is 13.3. The third-order valence-electron chi connectivity index (χ3n) is 4.94. The predicted octanol–water partition coefficient (Wildman–Crippen LogP) is 5.12. The van der Waals surface area contributed by atoms with Crippen LogP contribution in [0.3, 0.4) is 0 Å². The molecule has 0 bridgehead atoms. The van der Waals surface area contributed by atoms with Gasteiger partial charge in [0.05, 0.1) is 13.5 Å². The van der Waals surface area contributed by atoms with Crippen molar-refractivity contribution in [1.82, 2.24) is 10.2 Å². The van der Waals surface area contributed by atoms with Gasteiger partial charge in [-0.1, -0.05) is 62.2 Å². The van der Waals surface area contributed by atoms with E-state index in [2.05, 4.69) is 5.32 Å². The monoisotopic (exact) mass is 464 g/mol. The van der Waals surface area contributed by atoms with Crippen molar-refractivity contribution in [2.24, 2.45) is 5.92 Å². The summed E-state index contributed by atoms with van der Waals surface area (Å²) in [5, 5.41) is 3.90. The van der Waals surface area contributed by atoms with Crippen LogP contribution in [0.2, 0.25) is 10.0 Å². The van der Waals surface area contributed by atoms with Gasteiger partial charge < -0.3 is 15.0 Å². The minimum atomic E-state index is -0.584. The van der Waals surface area contributed by atoms with E-state index in [1.807, 2.05) is 45.0 Å². The molecule has 0 unspecified atom stereocenters. The van der Waals surface area contributed by atoms with Crippen molar-refractivity contribution in [3.63, 3.8) is 0 Å². The lowest BCUT2D eigenvalue weighted by Crippen LogP contribution is -2.50. The number of hydrogen-bond acceptors (Lipinski definition) is 3. The van der Waals surface area contributed by atoms with Gasteiger partial charge in [0, 0.05) is 23.1 Å². The average molecular weight is 465 g/mol. The smallest absolute Gasteiger partial charge is 0.242 e. The Morgan fingerprint density at radius 2 is 1.77 bits per heavy atom. The van der Waals surface area contributed by atoms with E-state index in [9.17, 15) is 9.59 Å². The second-order valence-electron chi connectivity index (χ2n) is 7.85. The first kappa shape index (κ1) is 25.0. The summed E-state index contributed by atoms with van der Waals surface area (Å²) in [7, 11) is 1.60. The van der Waals surface area contributed by atoms with E-state index in [-0.39, 0.29) is 18.2 Å². The Morgan fingerprint density at radius 1 is 1.10 bits per heavy atom. The molecule has 0 aromatic heterocycles. The third-order valence-corrected chi connectivity index (χ3v) is 5.53. The van der Waals surface area contributed by atoms with Gasteiger partial charge >= 0.3 is 0 Å². The number of benzene rings is 2. The van der Waals surface area contributed by atoms with Crippen LogP contribution in [0.4, 0.5) is 0 Å². The first-order valence-electron chi connectivity index (χ1n) is 10.4. The second kappa shape index (κ2) is 12.0. The van der Waals surface area contributed by atoms with Gasteiger partial charge in [-0.2, -0.15) is 0 Å². The van der Waals surface area contributed by atoms with Crippen LogP contribution in [0.5, 0.6) is 5.75 Å². The van der Waals surface area contributed by atoms with Crippen molar-refractivity contribution in [2.75, 3.05) is 13.7 Å². The minimum Gasteiger partial charge on any atom is -0.497 e. The molecule has 2 rings (SSSR count). The third kappa shape index (κ3) is 7.44. The van der Waals surface area contributed by atoms with E-state index in [1.165, 1.54) is 0 Å². The van der Waals surface area contributed by atoms with Gasteiger partial charge in [0.1, 0.15) is 11.8 Å². The maximum absolute atomic E-state index is 13.3. The zero-order valence-corrected chi connectivity index (χ0v) is 20.0. The van der Waals surface area contributed by atoms with Crippen LogP contribution < -0.4 is 10.1 Å². The zero-order chi connectivity index (χ0) is 23.0. The standard InChI is InChI=1S/C24H30Cl2N2O3/c1-5-22(24(30)27-14-16(2)3)28(15-17-6-10-20(31-4)11-7-17)23(29)12-18-8-9-19(25)13-21(18)26/h6-11,13,16,22H,5,12,14-15H2,1-4H3,(H,27,30)/t22-/m0/s1. The first-order chi connectivity index (χ1) is 14.7. The summed E-state index contributed by atoms with van der Waals surface area (Å²) in [6.07, 6.45) is 0.584. The quantitative estimate of drug-likeness (QED) is 0.530. The van der Waals surface area contributed by atoms with Gasteiger partial charge in [0.15, 0.2) is 0 Å². The molecule has 0 aliphatic rings. The lowest BCUT2D eigenvalue weighted by Gasteiger charge is -2.31. The number of methoxy groups -OCH3 is 1. The summed E-state index contributed by atoms with van der Waals surface area (Å²) in [4.78, 5) is 27.9. The molecule has 5 nitrogen and oxygen atoms in total. The number of nitrogens with one attached hydrogen (secondary N) is 1. The molecule has 31 heavy (non-hydrogen) atoms. The van der Waals surface area contributed by atoms with Gasteiger partial charge in [0.25, 0.3) is 0 Å². The number of carbonyl (C=O) groups is 2. The summed E-state index contributed by atoms with van der Waals surface area (Å²) in [5.41, 5.74) is 1.58. The van der Waals surface area contributed by atoms with Crippen LogP contribution in [0, 0.1) is 5.92 Å². The Bertz CT molecular complexity index is 885. The molecule has 2 amide bonds. The zero-order valence-electron chi connectivity index (χ0n) is 18.5. The summed E-state index contributed by atoms with van der Waals surface area (Å²) < 4.78 is 5.21. The fourth-order valence-corrected chi connectivity index (χ4v) is 3.67. The molecule has 168 valence electrons. The average Bonchev–Trinajstić information content (AvgIpc) is 2.74. The Morgan fingerprint density at radius 3 is 2.32 bits per heavy atom. The molecule has 2 aromatic carbocycles. The van der Waals surface area contributed by atoms with Crippen LogP contribution in [0.1, 0.15) is 38.3 Å². The summed E-state index contributed by atoms with van der Waals surface area (Å²) in [5.74, 6) is 0.725. The molecule has 0 fully saturated rings. The number of ether oxygens (including phenoxy) is 1. The highest BCUT2D eigenvalue weighted by atomic mass is 35.5. The van der Waals surface area contributed by atoms with Crippen molar-refractivity contribution in [2.45, 2.75) is 46.2 Å². The van der Waals surface area contributed by atoms with Gasteiger partial charge in [-0.15, -0.1) is 0 Å².